The first kappa shape index (κ1) is 16.3. The number of morpholine rings is 1. The van der Waals surface area contributed by atoms with Crippen molar-refractivity contribution < 1.29 is 23.8 Å². The monoisotopic (exact) mass is 332 g/mol. The molecule has 0 bridgehead atoms. The van der Waals surface area contributed by atoms with Crippen LogP contribution in [0.15, 0.2) is 23.9 Å². The maximum atomic E-state index is 12.6. The Morgan fingerprint density at radius 2 is 1.67 bits per heavy atom. The lowest BCUT2D eigenvalue weighted by Crippen LogP contribution is -2.39. The third kappa shape index (κ3) is 2.60. The summed E-state index contributed by atoms with van der Waals surface area (Å²) < 4.78 is 15.9. The molecule has 0 aromatic heterocycles. The molecule has 0 radical (unpaired) electrons. The number of ether oxygens (including phenoxy) is 3. The second-order valence-corrected chi connectivity index (χ2v) is 5.56. The van der Waals surface area contributed by atoms with E-state index in [1.807, 2.05) is 4.90 Å². The van der Waals surface area contributed by atoms with Gasteiger partial charge in [-0.15, -0.1) is 0 Å². The summed E-state index contributed by atoms with van der Waals surface area (Å²) in [4.78, 5) is 28.3. The fraction of sp³-hybridized carbons (Fsp3) is 0.412. The summed E-state index contributed by atoms with van der Waals surface area (Å²) in [7, 11) is 4.58. The number of nitrogens with zero attached hydrogens (tertiary/aromatic N) is 2. The highest BCUT2D eigenvalue weighted by atomic mass is 16.5. The summed E-state index contributed by atoms with van der Waals surface area (Å²) >= 11 is 0. The van der Waals surface area contributed by atoms with Crippen LogP contribution in [0.5, 0.6) is 11.5 Å². The van der Waals surface area contributed by atoms with E-state index in [1.54, 1.807) is 25.3 Å². The Bertz CT molecular complexity index is 707. The van der Waals surface area contributed by atoms with E-state index in [1.165, 1.54) is 14.2 Å². The van der Waals surface area contributed by atoms with Gasteiger partial charge < -0.3 is 19.1 Å². The van der Waals surface area contributed by atoms with Crippen molar-refractivity contribution in [1.29, 1.82) is 0 Å². The van der Waals surface area contributed by atoms with E-state index >= 15 is 0 Å². The van der Waals surface area contributed by atoms with Crippen molar-refractivity contribution in [2.45, 2.75) is 0 Å². The largest absolute Gasteiger partial charge is 0.493 e. The van der Waals surface area contributed by atoms with Gasteiger partial charge in [-0.25, -0.2) is 0 Å². The van der Waals surface area contributed by atoms with Crippen molar-refractivity contribution >= 4 is 17.4 Å². The van der Waals surface area contributed by atoms with Crippen LogP contribution in [0.25, 0.3) is 5.57 Å². The van der Waals surface area contributed by atoms with Crippen LogP contribution >= 0.6 is 0 Å². The van der Waals surface area contributed by atoms with Crippen LogP contribution < -0.4 is 9.47 Å². The Balaban J connectivity index is 2.11. The maximum Gasteiger partial charge on any atom is 0.277 e. The molecule has 24 heavy (non-hydrogen) atoms. The fourth-order valence-electron chi connectivity index (χ4n) is 2.96. The molecule has 3 rings (SSSR count). The minimum atomic E-state index is -0.311. The second-order valence-electron chi connectivity index (χ2n) is 5.56. The topological polar surface area (TPSA) is 68.3 Å². The molecule has 1 aromatic carbocycles. The first-order chi connectivity index (χ1) is 11.6. The molecule has 2 heterocycles. The Kier molecular flexibility index (Phi) is 4.44. The number of hydrogen-bond donors (Lipinski definition) is 0. The van der Waals surface area contributed by atoms with Crippen LogP contribution in [-0.4, -0.2) is 69.2 Å². The van der Waals surface area contributed by atoms with E-state index < -0.39 is 0 Å². The predicted octanol–water partition coefficient (Wildman–Crippen LogP) is 0.746. The van der Waals surface area contributed by atoms with Crippen molar-refractivity contribution in [3.05, 3.63) is 29.5 Å². The lowest BCUT2D eigenvalue weighted by atomic mass is 10.0. The first-order valence-corrected chi connectivity index (χ1v) is 7.70. The Morgan fingerprint density at radius 3 is 2.29 bits per heavy atom. The summed E-state index contributed by atoms with van der Waals surface area (Å²) in [5.74, 6) is 0.485. The summed E-state index contributed by atoms with van der Waals surface area (Å²) in [5, 5.41) is 0. The van der Waals surface area contributed by atoms with Gasteiger partial charge in [0.05, 0.1) is 33.0 Å². The van der Waals surface area contributed by atoms with E-state index in [2.05, 4.69) is 0 Å². The van der Waals surface area contributed by atoms with Gasteiger partial charge >= 0.3 is 0 Å². The summed E-state index contributed by atoms with van der Waals surface area (Å²) in [6.45, 7) is 2.24. The highest BCUT2D eigenvalue weighted by Gasteiger charge is 2.40. The molecule has 0 atom stereocenters. The number of carbonyl (C=O) groups is 2. The average molecular weight is 332 g/mol. The van der Waals surface area contributed by atoms with E-state index in [-0.39, 0.29) is 11.8 Å². The van der Waals surface area contributed by atoms with Crippen LogP contribution in [-0.2, 0) is 14.3 Å². The van der Waals surface area contributed by atoms with Crippen LogP contribution in [0.3, 0.4) is 0 Å². The molecular formula is C17H20N2O5. The normalized spacial score (nSPS) is 18.5. The number of hydrogen-bond acceptors (Lipinski definition) is 6. The zero-order valence-corrected chi connectivity index (χ0v) is 14.0. The molecule has 1 fully saturated rings. The summed E-state index contributed by atoms with van der Waals surface area (Å²) in [6, 6.07) is 5.22. The van der Waals surface area contributed by atoms with Gasteiger partial charge in [0.1, 0.15) is 5.70 Å². The van der Waals surface area contributed by atoms with Crippen molar-refractivity contribution in [3.8, 4) is 11.5 Å². The maximum absolute atomic E-state index is 12.6. The van der Waals surface area contributed by atoms with Crippen LogP contribution in [0.2, 0.25) is 0 Å². The zero-order valence-electron chi connectivity index (χ0n) is 14.0. The smallest absolute Gasteiger partial charge is 0.277 e. The molecule has 1 saturated heterocycles. The van der Waals surface area contributed by atoms with Gasteiger partial charge in [0, 0.05) is 20.1 Å². The lowest BCUT2D eigenvalue weighted by Gasteiger charge is -2.29. The Labute approximate surface area is 140 Å². The molecule has 0 aliphatic carbocycles. The third-order valence-corrected chi connectivity index (χ3v) is 4.26. The highest BCUT2D eigenvalue weighted by Crippen LogP contribution is 2.36. The molecule has 128 valence electrons. The van der Waals surface area contributed by atoms with Gasteiger partial charge in [-0.3, -0.25) is 14.5 Å². The minimum Gasteiger partial charge on any atom is -0.493 e. The number of amides is 2. The summed E-state index contributed by atoms with van der Waals surface area (Å²) in [5.41, 5.74) is 1.46. The number of imide groups is 1. The van der Waals surface area contributed by atoms with Crippen molar-refractivity contribution in [3.63, 3.8) is 0 Å². The molecule has 0 unspecified atom stereocenters. The molecule has 1 aromatic rings. The SMILES string of the molecule is COc1ccc(C2=C(N3CCOCC3)C(=O)N(C)C2=O)cc1OC. The van der Waals surface area contributed by atoms with Gasteiger partial charge in [-0.2, -0.15) is 0 Å². The zero-order chi connectivity index (χ0) is 17.3. The molecule has 0 N–H and O–H groups in total. The number of likely N-dealkylation sites (N-methyl/N-ethyl adjacent to an activating group) is 1. The summed E-state index contributed by atoms with van der Waals surface area (Å²) in [6.07, 6.45) is 0. The number of carbonyl (C=O) groups excluding carboxylic acids is 2. The second kappa shape index (κ2) is 6.52. The molecular weight excluding hydrogens is 312 g/mol. The molecule has 7 nitrogen and oxygen atoms in total. The van der Waals surface area contributed by atoms with Crippen molar-refractivity contribution in [2.75, 3.05) is 47.6 Å². The molecule has 0 spiro atoms. The first-order valence-electron chi connectivity index (χ1n) is 7.70. The van der Waals surface area contributed by atoms with Crippen LogP contribution in [0.4, 0.5) is 0 Å². The standard InChI is InChI=1S/C17H20N2O5/c1-18-16(20)14(11-4-5-12(22-2)13(10-11)23-3)15(17(18)21)19-6-8-24-9-7-19/h4-5,10H,6-9H2,1-3H3. The minimum absolute atomic E-state index is 0.285. The van der Waals surface area contributed by atoms with Gasteiger partial charge in [-0.1, -0.05) is 6.07 Å². The average Bonchev–Trinajstić information content (AvgIpc) is 2.86. The molecule has 2 amide bonds. The Morgan fingerprint density at radius 1 is 1.00 bits per heavy atom. The molecule has 2 aliphatic rings. The van der Waals surface area contributed by atoms with Gasteiger partial charge in [-0.05, 0) is 17.7 Å². The van der Waals surface area contributed by atoms with Crippen LogP contribution in [0, 0.1) is 0 Å². The van der Waals surface area contributed by atoms with Gasteiger partial charge in [0.2, 0.25) is 0 Å². The van der Waals surface area contributed by atoms with Crippen molar-refractivity contribution in [1.82, 2.24) is 9.80 Å². The number of methoxy groups -OCH3 is 2. The molecule has 0 saturated carbocycles. The van der Waals surface area contributed by atoms with E-state index in [0.717, 1.165) is 4.90 Å². The third-order valence-electron chi connectivity index (χ3n) is 4.26. The van der Waals surface area contributed by atoms with Crippen LogP contribution in [0.1, 0.15) is 5.56 Å². The van der Waals surface area contributed by atoms with Crippen molar-refractivity contribution in [2.24, 2.45) is 0 Å². The number of benzene rings is 1. The fourth-order valence-corrected chi connectivity index (χ4v) is 2.96. The Hall–Kier alpha value is -2.54. The van der Waals surface area contributed by atoms with E-state index in [9.17, 15) is 9.59 Å². The van der Waals surface area contributed by atoms with Gasteiger partial charge in [0.25, 0.3) is 11.8 Å². The van der Waals surface area contributed by atoms with Gasteiger partial charge in [0.15, 0.2) is 11.5 Å². The molecule has 7 heteroatoms. The number of rotatable bonds is 4. The quantitative estimate of drug-likeness (QED) is 0.758. The highest BCUT2D eigenvalue weighted by molar-refractivity contribution is 6.35. The molecule has 2 aliphatic heterocycles. The lowest BCUT2D eigenvalue weighted by molar-refractivity contribution is -0.136. The predicted molar refractivity (Wildman–Crippen MR) is 86.6 cm³/mol. The van der Waals surface area contributed by atoms with E-state index in [4.69, 9.17) is 14.2 Å². The van der Waals surface area contributed by atoms with E-state index in [0.29, 0.717) is 54.6 Å².